The lowest BCUT2D eigenvalue weighted by molar-refractivity contribution is -0.120. The number of hydrogen-bond donors (Lipinski definition) is 2. The predicted octanol–water partition coefficient (Wildman–Crippen LogP) is 1.56. The largest absolute Gasteiger partial charge is 0.360 e. The van der Waals surface area contributed by atoms with Crippen molar-refractivity contribution in [3.05, 3.63) is 30.2 Å². The molecule has 0 amide bonds. The SMILES string of the molecule is O=C1CCN[C@H](c2cc3cc[nH]c3cn2)C1. The molecule has 16 heavy (non-hydrogen) atoms. The Hall–Kier alpha value is -1.68. The molecule has 1 saturated heterocycles. The molecule has 1 aliphatic rings. The number of carbonyl (C=O) groups is 1. The smallest absolute Gasteiger partial charge is 0.136 e. The van der Waals surface area contributed by atoms with E-state index in [2.05, 4.69) is 15.3 Å². The maximum atomic E-state index is 11.4. The second kappa shape index (κ2) is 3.72. The summed E-state index contributed by atoms with van der Waals surface area (Å²) in [6.07, 6.45) is 4.92. The minimum absolute atomic E-state index is 0.0838. The molecule has 82 valence electrons. The Labute approximate surface area is 93.1 Å². The summed E-state index contributed by atoms with van der Waals surface area (Å²) in [6, 6.07) is 4.15. The third kappa shape index (κ3) is 1.61. The van der Waals surface area contributed by atoms with Gasteiger partial charge in [-0.15, -0.1) is 0 Å². The first-order valence-corrected chi connectivity index (χ1v) is 5.51. The molecule has 0 saturated carbocycles. The summed E-state index contributed by atoms with van der Waals surface area (Å²) in [6.45, 7) is 0.760. The van der Waals surface area contributed by atoms with Gasteiger partial charge in [-0.2, -0.15) is 0 Å². The van der Waals surface area contributed by atoms with Crippen molar-refractivity contribution in [2.24, 2.45) is 0 Å². The fourth-order valence-electron chi connectivity index (χ4n) is 2.16. The second-order valence-electron chi connectivity index (χ2n) is 4.17. The summed E-state index contributed by atoms with van der Waals surface area (Å²) < 4.78 is 0. The molecule has 2 N–H and O–H groups in total. The predicted molar refractivity (Wildman–Crippen MR) is 61.1 cm³/mol. The molecule has 0 aliphatic carbocycles. The van der Waals surface area contributed by atoms with Crippen LogP contribution >= 0.6 is 0 Å². The minimum Gasteiger partial charge on any atom is -0.360 e. The van der Waals surface area contributed by atoms with Gasteiger partial charge in [0.2, 0.25) is 0 Å². The van der Waals surface area contributed by atoms with Crippen LogP contribution in [0.2, 0.25) is 0 Å². The molecular formula is C12H13N3O. The lowest BCUT2D eigenvalue weighted by atomic mass is 10.00. The van der Waals surface area contributed by atoms with Crippen LogP contribution in [0.25, 0.3) is 10.9 Å². The van der Waals surface area contributed by atoms with Gasteiger partial charge in [0.1, 0.15) is 5.78 Å². The third-order valence-corrected chi connectivity index (χ3v) is 3.04. The van der Waals surface area contributed by atoms with Crippen molar-refractivity contribution in [3.8, 4) is 0 Å². The molecule has 1 fully saturated rings. The number of H-pyrrole nitrogens is 1. The van der Waals surface area contributed by atoms with E-state index in [9.17, 15) is 4.79 Å². The fraction of sp³-hybridized carbons (Fsp3) is 0.333. The highest BCUT2D eigenvalue weighted by Gasteiger charge is 2.21. The van der Waals surface area contributed by atoms with Gasteiger partial charge in [-0.05, 0) is 12.1 Å². The molecule has 0 aromatic carbocycles. The van der Waals surface area contributed by atoms with Crippen molar-refractivity contribution in [3.63, 3.8) is 0 Å². The molecule has 2 aromatic rings. The zero-order valence-corrected chi connectivity index (χ0v) is 8.86. The summed E-state index contributed by atoms with van der Waals surface area (Å²) in [5, 5.41) is 4.47. The van der Waals surface area contributed by atoms with E-state index in [-0.39, 0.29) is 6.04 Å². The highest BCUT2D eigenvalue weighted by molar-refractivity contribution is 5.81. The van der Waals surface area contributed by atoms with Gasteiger partial charge in [0.15, 0.2) is 0 Å². The Balaban J connectivity index is 1.95. The average molecular weight is 215 g/mol. The molecule has 1 atom stereocenters. The van der Waals surface area contributed by atoms with Crippen LogP contribution in [-0.4, -0.2) is 22.3 Å². The normalized spacial score (nSPS) is 21.5. The number of fused-ring (bicyclic) bond motifs is 1. The number of pyridine rings is 1. The number of rotatable bonds is 1. The van der Waals surface area contributed by atoms with Gasteiger partial charge in [-0.3, -0.25) is 9.78 Å². The van der Waals surface area contributed by atoms with Crippen LogP contribution in [0.3, 0.4) is 0 Å². The van der Waals surface area contributed by atoms with E-state index < -0.39 is 0 Å². The van der Waals surface area contributed by atoms with Crippen LogP contribution in [0, 0.1) is 0 Å². The lowest BCUT2D eigenvalue weighted by Gasteiger charge is -2.22. The van der Waals surface area contributed by atoms with Crippen molar-refractivity contribution in [1.82, 2.24) is 15.3 Å². The topological polar surface area (TPSA) is 57.8 Å². The molecular weight excluding hydrogens is 202 g/mol. The highest BCUT2D eigenvalue weighted by Crippen LogP contribution is 2.22. The van der Waals surface area contributed by atoms with Crippen molar-refractivity contribution < 1.29 is 4.79 Å². The molecule has 0 radical (unpaired) electrons. The number of carbonyl (C=O) groups excluding carboxylic acids is 1. The van der Waals surface area contributed by atoms with E-state index >= 15 is 0 Å². The second-order valence-corrected chi connectivity index (χ2v) is 4.17. The summed E-state index contributed by atoms with van der Waals surface area (Å²) in [7, 11) is 0. The number of hydrogen-bond acceptors (Lipinski definition) is 3. The molecule has 0 bridgehead atoms. The molecule has 0 unspecified atom stereocenters. The van der Waals surface area contributed by atoms with Crippen molar-refractivity contribution >= 4 is 16.7 Å². The first-order chi connectivity index (χ1) is 7.83. The van der Waals surface area contributed by atoms with E-state index in [1.165, 1.54) is 0 Å². The summed E-state index contributed by atoms with van der Waals surface area (Å²) in [5.41, 5.74) is 1.99. The van der Waals surface area contributed by atoms with Crippen LogP contribution in [0.5, 0.6) is 0 Å². The Morgan fingerprint density at radius 1 is 1.44 bits per heavy atom. The van der Waals surface area contributed by atoms with Crippen molar-refractivity contribution in [2.75, 3.05) is 6.54 Å². The number of piperidine rings is 1. The van der Waals surface area contributed by atoms with Crippen LogP contribution in [0.4, 0.5) is 0 Å². The van der Waals surface area contributed by atoms with Gasteiger partial charge in [0.25, 0.3) is 0 Å². The van der Waals surface area contributed by atoms with E-state index in [0.717, 1.165) is 23.1 Å². The summed E-state index contributed by atoms with van der Waals surface area (Å²) in [5.74, 6) is 0.319. The highest BCUT2D eigenvalue weighted by atomic mass is 16.1. The van der Waals surface area contributed by atoms with Crippen LogP contribution in [0.1, 0.15) is 24.6 Å². The maximum Gasteiger partial charge on any atom is 0.136 e. The molecule has 3 rings (SSSR count). The van der Waals surface area contributed by atoms with Gasteiger partial charge in [0.05, 0.1) is 23.4 Å². The number of aromatic amines is 1. The molecule has 1 aliphatic heterocycles. The van der Waals surface area contributed by atoms with Crippen LogP contribution in [0.15, 0.2) is 24.5 Å². The first kappa shape index (κ1) is 9.54. The number of nitrogens with zero attached hydrogens (tertiary/aromatic N) is 1. The van der Waals surface area contributed by atoms with E-state index in [4.69, 9.17) is 0 Å². The molecule has 4 nitrogen and oxygen atoms in total. The standard InChI is InChI=1S/C12H13N3O/c16-9-2-4-13-11(6-9)10-5-8-1-3-14-12(8)7-15-10/h1,3,5,7,11,13-14H,2,4,6H2/t11-/m0/s1. The van der Waals surface area contributed by atoms with Gasteiger partial charge >= 0.3 is 0 Å². The summed E-state index contributed by atoms with van der Waals surface area (Å²) >= 11 is 0. The Morgan fingerprint density at radius 3 is 3.25 bits per heavy atom. The first-order valence-electron chi connectivity index (χ1n) is 5.51. The van der Waals surface area contributed by atoms with Gasteiger partial charge < -0.3 is 10.3 Å². The van der Waals surface area contributed by atoms with Gasteiger partial charge in [-0.25, -0.2) is 0 Å². The van der Waals surface area contributed by atoms with Crippen molar-refractivity contribution in [1.29, 1.82) is 0 Å². The fourth-order valence-corrected chi connectivity index (χ4v) is 2.16. The number of nitrogens with one attached hydrogen (secondary N) is 2. The van der Waals surface area contributed by atoms with Gasteiger partial charge in [-0.1, -0.05) is 0 Å². The zero-order chi connectivity index (χ0) is 11.0. The number of Topliss-reactive ketones (excluding diaryl/α,β-unsaturated/α-hetero) is 1. The number of ketones is 1. The van der Waals surface area contributed by atoms with E-state index in [1.807, 2.05) is 24.5 Å². The number of aromatic nitrogens is 2. The van der Waals surface area contributed by atoms with Crippen molar-refractivity contribution in [2.45, 2.75) is 18.9 Å². The third-order valence-electron chi connectivity index (χ3n) is 3.04. The average Bonchev–Trinajstić information content (AvgIpc) is 2.75. The minimum atomic E-state index is 0.0838. The van der Waals surface area contributed by atoms with Crippen LogP contribution < -0.4 is 5.32 Å². The molecule has 4 heteroatoms. The Kier molecular flexibility index (Phi) is 2.22. The summed E-state index contributed by atoms with van der Waals surface area (Å²) in [4.78, 5) is 18.9. The monoisotopic (exact) mass is 215 g/mol. The zero-order valence-electron chi connectivity index (χ0n) is 8.86. The van der Waals surface area contributed by atoms with E-state index in [0.29, 0.717) is 18.6 Å². The Bertz CT molecular complexity index is 532. The molecule has 0 spiro atoms. The van der Waals surface area contributed by atoms with Gasteiger partial charge in [0, 0.05) is 31.0 Å². The molecule has 3 heterocycles. The molecule has 2 aromatic heterocycles. The maximum absolute atomic E-state index is 11.4. The van der Waals surface area contributed by atoms with Crippen LogP contribution in [-0.2, 0) is 4.79 Å². The van der Waals surface area contributed by atoms with E-state index in [1.54, 1.807) is 0 Å². The Morgan fingerprint density at radius 2 is 2.38 bits per heavy atom. The lowest BCUT2D eigenvalue weighted by Crippen LogP contribution is -2.32. The quantitative estimate of drug-likeness (QED) is 0.759.